The summed E-state index contributed by atoms with van der Waals surface area (Å²) in [5.41, 5.74) is 0. The third-order valence-electron chi connectivity index (χ3n) is 2.35. The van der Waals surface area contributed by atoms with Gasteiger partial charge in [0, 0.05) is 19.0 Å². The standard InChI is InChI=1S/C12H15BrN4O/c1-3-5-11-15-10(13)6-12(16-11)18-9-7-14-17(4-2)8-9/h6-8H,3-5H2,1-2H3. The number of nitrogens with zero attached hydrogens (tertiary/aromatic N) is 4. The highest BCUT2D eigenvalue weighted by Crippen LogP contribution is 2.21. The quantitative estimate of drug-likeness (QED) is 0.796. The van der Waals surface area contributed by atoms with Crippen LogP contribution in [0.3, 0.4) is 0 Å². The zero-order valence-electron chi connectivity index (χ0n) is 10.4. The average molecular weight is 311 g/mol. The van der Waals surface area contributed by atoms with Gasteiger partial charge in [0.05, 0.1) is 12.4 Å². The van der Waals surface area contributed by atoms with Gasteiger partial charge in [-0.05, 0) is 29.3 Å². The lowest BCUT2D eigenvalue weighted by molar-refractivity contribution is 0.456. The van der Waals surface area contributed by atoms with Crippen LogP contribution in [0.1, 0.15) is 26.1 Å². The largest absolute Gasteiger partial charge is 0.436 e. The lowest BCUT2D eigenvalue weighted by atomic mass is 10.3. The number of hydrogen-bond acceptors (Lipinski definition) is 4. The summed E-state index contributed by atoms with van der Waals surface area (Å²) < 4.78 is 8.20. The van der Waals surface area contributed by atoms with Crippen LogP contribution < -0.4 is 4.74 Å². The van der Waals surface area contributed by atoms with E-state index in [-0.39, 0.29) is 0 Å². The van der Waals surface area contributed by atoms with Gasteiger partial charge >= 0.3 is 0 Å². The van der Waals surface area contributed by atoms with Crippen LogP contribution in [0.5, 0.6) is 11.6 Å². The van der Waals surface area contributed by atoms with Crippen LogP contribution in [0.2, 0.25) is 0 Å². The fraction of sp³-hybridized carbons (Fsp3) is 0.417. The SMILES string of the molecule is CCCc1nc(Br)cc(Oc2cnn(CC)c2)n1. The lowest BCUT2D eigenvalue weighted by Crippen LogP contribution is -1.97. The first-order valence-corrected chi connectivity index (χ1v) is 6.74. The number of hydrogen-bond donors (Lipinski definition) is 0. The average Bonchev–Trinajstić information content (AvgIpc) is 2.76. The van der Waals surface area contributed by atoms with Gasteiger partial charge in [-0.15, -0.1) is 0 Å². The monoisotopic (exact) mass is 310 g/mol. The maximum atomic E-state index is 5.66. The molecule has 0 saturated carbocycles. The Bertz CT molecular complexity index is 527. The highest BCUT2D eigenvalue weighted by Gasteiger charge is 2.06. The molecule has 0 fully saturated rings. The van der Waals surface area contributed by atoms with Crippen molar-refractivity contribution in [1.82, 2.24) is 19.7 Å². The van der Waals surface area contributed by atoms with Crippen molar-refractivity contribution in [2.45, 2.75) is 33.2 Å². The van der Waals surface area contributed by atoms with Crippen LogP contribution in [0.4, 0.5) is 0 Å². The van der Waals surface area contributed by atoms with Gasteiger partial charge in [0.1, 0.15) is 10.4 Å². The van der Waals surface area contributed by atoms with Crippen LogP contribution in [-0.4, -0.2) is 19.7 Å². The molecule has 0 saturated heterocycles. The lowest BCUT2D eigenvalue weighted by Gasteiger charge is -2.04. The molecular weight excluding hydrogens is 296 g/mol. The molecule has 0 bridgehead atoms. The topological polar surface area (TPSA) is 52.8 Å². The number of aromatic nitrogens is 4. The number of halogens is 1. The molecule has 6 heteroatoms. The predicted octanol–water partition coefficient (Wildman–Crippen LogP) is 3.20. The van der Waals surface area contributed by atoms with Gasteiger partial charge in [0.2, 0.25) is 5.88 Å². The molecule has 0 aliphatic rings. The van der Waals surface area contributed by atoms with E-state index in [1.807, 2.05) is 13.1 Å². The molecular formula is C12H15BrN4O. The van der Waals surface area contributed by atoms with E-state index in [1.54, 1.807) is 16.9 Å². The normalized spacial score (nSPS) is 10.6. The molecule has 18 heavy (non-hydrogen) atoms. The summed E-state index contributed by atoms with van der Waals surface area (Å²) in [6.07, 6.45) is 5.36. The van der Waals surface area contributed by atoms with E-state index in [1.165, 1.54) is 0 Å². The molecule has 2 aromatic rings. The maximum Gasteiger partial charge on any atom is 0.223 e. The van der Waals surface area contributed by atoms with Crippen LogP contribution in [0, 0.1) is 0 Å². The summed E-state index contributed by atoms with van der Waals surface area (Å²) in [4.78, 5) is 8.64. The van der Waals surface area contributed by atoms with E-state index in [2.05, 4.69) is 37.9 Å². The predicted molar refractivity (Wildman–Crippen MR) is 71.7 cm³/mol. The van der Waals surface area contributed by atoms with Crippen molar-refractivity contribution >= 4 is 15.9 Å². The Hall–Kier alpha value is -1.43. The van der Waals surface area contributed by atoms with Crippen molar-refractivity contribution in [3.05, 3.63) is 28.9 Å². The first-order chi connectivity index (χ1) is 8.71. The molecule has 2 rings (SSSR count). The Labute approximate surface area is 114 Å². The van der Waals surface area contributed by atoms with Crippen LogP contribution in [-0.2, 0) is 13.0 Å². The Balaban J connectivity index is 2.17. The minimum absolute atomic E-state index is 0.538. The molecule has 0 N–H and O–H groups in total. The molecule has 0 radical (unpaired) electrons. The second-order valence-electron chi connectivity index (χ2n) is 3.83. The smallest absolute Gasteiger partial charge is 0.223 e. The van der Waals surface area contributed by atoms with Crippen LogP contribution in [0.25, 0.3) is 0 Å². The second kappa shape index (κ2) is 5.95. The molecule has 0 amide bonds. The second-order valence-corrected chi connectivity index (χ2v) is 4.64. The molecule has 96 valence electrons. The Morgan fingerprint density at radius 3 is 2.83 bits per heavy atom. The van der Waals surface area contributed by atoms with Crippen LogP contribution >= 0.6 is 15.9 Å². The molecule has 0 atom stereocenters. The first kappa shape index (κ1) is 13.0. The highest BCUT2D eigenvalue weighted by molar-refractivity contribution is 9.10. The first-order valence-electron chi connectivity index (χ1n) is 5.95. The van der Waals surface area contributed by atoms with E-state index in [4.69, 9.17) is 4.74 Å². The molecule has 0 spiro atoms. The number of aryl methyl sites for hydroxylation is 2. The summed E-state index contributed by atoms with van der Waals surface area (Å²) in [7, 11) is 0. The molecule has 5 nitrogen and oxygen atoms in total. The van der Waals surface area contributed by atoms with Crippen molar-refractivity contribution < 1.29 is 4.74 Å². The van der Waals surface area contributed by atoms with E-state index >= 15 is 0 Å². The van der Waals surface area contributed by atoms with Gasteiger partial charge in [-0.25, -0.2) is 4.98 Å². The Kier molecular flexibility index (Phi) is 4.30. The maximum absolute atomic E-state index is 5.66. The number of ether oxygens (including phenoxy) is 1. The van der Waals surface area contributed by atoms with Gasteiger partial charge in [-0.3, -0.25) is 4.68 Å². The third kappa shape index (κ3) is 3.29. The summed E-state index contributed by atoms with van der Waals surface area (Å²) in [6, 6.07) is 1.75. The van der Waals surface area contributed by atoms with E-state index in [0.29, 0.717) is 11.6 Å². The molecule has 0 unspecified atom stereocenters. The molecule has 2 heterocycles. The van der Waals surface area contributed by atoms with E-state index in [0.717, 1.165) is 29.8 Å². The Morgan fingerprint density at radius 1 is 1.33 bits per heavy atom. The fourth-order valence-corrected chi connectivity index (χ4v) is 1.92. The molecule has 0 aromatic carbocycles. The minimum atomic E-state index is 0.538. The summed E-state index contributed by atoms with van der Waals surface area (Å²) in [5, 5.41) is 4.15. The Morgan fingerprint density at radius 2 is 2.17 bits per heavy atom. The summed E-state index contributed by atoms with van der Waals surface area (Å²) in [5.74, 6) is 2.01. The summed E-state index contributed by atoms with van der Waals surface area (Å²) in [6.45, 7) is 4.94. The van der Waals surface area contributed by atoms with Crippen LogP contribution in [0.15, 0.2) is 23.1 Å². The van der Waals surface area contributed by atoms with Crippen molar-refractivity contribution in [3.8, 4) is 11.6 Å². The fourth-order valence-electron chi connectivity index (χ4n) is 1.52. The molecule has 0 aliphatic heterocycles. The van der Waals surface area contributed by atoms with Gasteiger partial charge < -0.3 is 4.74 Å². The highest BCUT2D eigenvalue weighted by atomic mass is 79.9. The molecule has 2 aromatic heterocycles. The van der Waals surface area contributed by atoms with Gasteiger partial charge in [-0.2, -0.15) is 10.1 Å². The minimum Gasteiger partial charge on any atom is -0.436 e. The zero-order chi connectivity index (χ0) is 13.0. The number of rotatable bonds is 5. The van der Waals surface area contributed by atoms with Crippen molar-refractivity contribution in [2.24, 2.45) is 0 Å². The molecule has 0 aliphatic carbocycles. The van der Waals surface area contributed by atoms with Gasteiger partial charge in [0.25, 0.3) is 0 Å². The summed E-state index contributed by atoms with van der Waals surface area (Å²) >= 11 is 3.36. The van der Waals surface area contributed by atoms with Gasteiger partial charge in [-0.1, -0.05) is 6.92 Å². The van der Waals surface area contributed by atoms with Gasteiger partial charge in [0.15, 0.2) is 5.75 Å². The van der Waals surface area contributed by atoms with E-state index in [9.17, 15) is 0 Å². The third-order valence-corrected chi connectivity index (χ3v) is 2.75. The van der Waals surface area contributed by atoms with Crippen molar-refractivity contribution in [3.63, 3.8) is 0 Å². The van der Waals surface area contributed by atoms with Crippen molar-refractivity contribution in [2.75, 3.05) is 0 Å². The van der Waals surface area contributed by atoms with Crippen molar-refractivity contribution in [1.29, 1.82) is 0 Å². The van der Waals surface area contributed by atoms with E-state index < -0.39 is 0 Å². The zero-order valence-corrected chi connectivity index (χ0v) is 12.0.